The average molecular weight is 331 g/mol. The standard InChI is InChI=1S/C7H2BrF3N2O5/c8-2-1-3(6(14)15)12-5(13(16)17)4(2)18-7(9,10)11/h1H,(H,14,15). The van der Waals surface area contributed by atoms with E-state index in [0.29, 0.717) is 6.07 Å². The Bertz CT molecular complexity index is 519. The zero-order chi connectivity index (χ0) is 14.1. The van der Waals surface area contributed by atoms with Crippen molar-refractivity contribution in [2.75, 3.05) is 0 Å². The molecule has 0 aliphatic heterocycles. The van der Waals surface area contributed by atoms with Gasteiger partial charge in [-0.2, -0.15) is 0 Å². The molecule has 0 aromatic carbocycles. The van der Waals surface area contributed by atoms with Gasteiger partial charge in [0.15, 0.2) is 0 Å². The third kappa shape index (κ3) is 3.29. The van der Waals surface area contributed by atoms with E-state index in [1.165, 1.54) is 0 Å². The Morgan fingerprint density at radius 3 is 2.50 bits per heavy atom. The second-order valence-corrected chi connectivity index (χ2v) is 3.61. The number of carboxylic acid groups (broad SMARTS) is 1. The highest BCUT2D eigenvalue weighted by atomic mass is 79.9. The zero-order valence-electron chi connectivity index (χ0n) is 8.06. The first-order valence-electron chi connectivity index (χ1n) is 3.96. The van der Waals surface area contributed by atoms with Crippen LogP contribution < -0.4 is 4.74 Å². The molecule has 0 saturated carbocycles. The van der Waals surface area contributed by atoms with Crippen molar-refractivity contribution in [3.8, 4) is 5.75 Å². The Hall–Kier alpha value is -1.91. The minimum absolute atomic E-state index is 0.543. The van der Waals surface area contributed by atoms with Crippen LogP contribution in [0.25, 0.3) is 0 Å². The quantitative estimate of drug-likeness (QED) is 0.674. The molecule has 0 saturated heterocycles. The van der Waals surface area contributed by atoms with E-state index in [1.807, 2.05) is 0 Å². The van der Waals surface area contributed by atoms with Gasteiger partial charge in [-0.25, -0.2) is 4.79 Å². The van der Waals surface area contributed by atoms with E-state index in [4.69, 9.17) is 5.11 Å². The summed E-state index contributed by atoms with van der Waals surface area (Å²) >= 11 is 2.55. The summed E-state index contributed by atoms with van der Waals surface area (Å²) in [7, 11) is 0. The lowest BCUT2D eigenvalue weighted by atomic mass is 10.3. The summed E-state index contributed by atoms with van der Waals surface area (Å²) in [5.74, 6) is -4.19. The molecule has 98 valence electrons. The van der Waals surface area contributed by atoms with Crippen LogP contribution in [0.3, 0.4) is 0 Å². The number of carbonyl (C=O) groups is 1. The molecule has 1 N–H and O–H groups in total. The van der Waals surface area contributed by atoms with E-state index in [9.17, 15) is 28.1 Å². The molecule has 1 aromatic heterocycles. The molecule has 1 rings (SSSR count). The number of ether oxygens (including phenoxy) is 1. The minimum atomic E-state index is -5.17. The van der Waals surface area contributed by atoms with Gasteiger partial charge in [0.25, 0.3) is 5.69 Å². The lowest BCUT2D eigenvalue weighted by molar-refractivity contribution is -0.393. The van der Waals surface area contributed by atoms with Crippen LogP contribution in [-0.4, -0.2) is 27.3 Å². The Labute approximate surface area is 104 Å². The van der Waals surface area contributed by atoms with Crippen molar-refractivity contribution in [3.05, 3.63) is 26.3 Å². The first-order valence-corrected chi connectivity index (χ1v) is 4.75. The van der Waals surface area contributed by atoms with Crippen LogP contribution in [0.4, 0.5) is 19.0 Å². The number of aromatic nitrogens is 1. The van der Waals surface area contributed by atoms with Crippen LogP contribution in [0.15, 0.2) is 10.5 Å². The molecule has 0 atom stereocenters. The first kappa shape index (κ1) is 14.2. The maximum atomic E-state index is 12.0. The summed E-state index contributed by atoms with van der Waals surface area (Å²) in [6.45, 7) is 0. The molecular weight excluding hydrogens is 329 g/mol. The Morgan fingerprint density at radius 2 is 2.11 bits per heavy atom. The number of halogens is 4. The Kier molecular flexibility index (Phi) is 3.74. The summed E-state index contributed by atoms with van der Waals surface area (Å²) < 4.78 is 38.9. The third-order valence-corrected chi connectivity index (χ3v) is 2.11. The molecule has 0 aliphatic carbocycles. The second kappa shape index (κ2) is 4.76. The van der Waals surface area contributed by atoms with Crippen molar-refractivity contribution in [1.29, 1.82) is 0 Å². The van der Waals surface area contributed by atoms with Gasteiger partial charge in [-0.05, 0) is 25.8 Å². The van der Waals surface area contributed by atoms with Gasteiger partial charge in [-0.15, -0.1) is 13.2 Å². The summed E-state index contributed by atoms with van der Waals surface area (Å²) in [5, 5.41) is 19.1. The van der Waals surface area contributed by atoms with E-state index in [2.05, 4.69) is 25.7 Å². The molecule has 7 nitrogen and oxygen atoms in total. The average Bonchev–Trinajstić information content (AvgIpc) is 2.18. The smallest absolute Gasteiger partial charge is 0.475 e. The third-order valence-electron chi connectivity index (χ3n) is 1.52. The van der Waals surface area contributed by atoms with Crippen LogP contribution in [0.2, 0.25) is 0 Å². The number of nitro groups is 1. The molecule has 0 spiro atoms. The van der Waals surface area contributed by atoms with Crippen LogP contribution >= 0.6 is 15.9 Å². The normalized spacial score (nSPS) is 11.1. The number of hydrogen-bond donors (Lipinski definition) is 1. The van der Waals surface area contributed by atoms with Gasteiger partial charge in [0.2, 0.25) is 5.75 Å². The molecule has 0 bridgehead atoms. The van der Waals surface area contributed by atoms with Crippen LogP contribution in [0.5, 0.6) is 5.75 Å². The highest BCUT2D eigenvalue weighted by Gasteiger charge is 2.37. The number of alkyl halides is 3. The molecule has 1 aromatic rings. The van der Waals surface area contributed by atoms with Gasteiger partial charge in [0, 0.05) is 6.07 Å². The highest BCUT2D eigenvalue weighted by molar-refractivity contribution is 9.10. The molecule has 0 amide bonds. The Morgan fingerprint density at radius 1 is 1.56 bits per heavy atom. The summed E-state index contributed by atoms with van der Waals surface area (Å²) in [6.07, 6.45) is -5.17. The maximum absolute atomic E-state index is 12.0. The largest absolute Gasteiger partial charge is 0.573 e. The van der Waals surface area contributed by atoms with Gasteiger partial charge in [0.05, 0.1) is 4.47 Å². The van der Waals surface area contributed by atoms with Crippen LogP contribution in [0, 0.1) is 10.1 Å². The molecule has 0 unspecified atom stereocenters. The first-order chi connectivity index (χ1) is 8.11. The van der Waals surface area contributed by atoms with Crippen LogP contribution in [0.1, 0.15) is 10.5 Å². The fourth-order valence-corrected chi connectivity index (χ4v) is 1.41. The molecule has 0 fully saturated rings. The predicted molar refractivity (Wildman–Crippen MR) is 52.2 cm³/mol. The second-order valence-electron chi connectivity index (χ2n) is 2.75. The van der Waals surface area contributed by atoms with Crippen molar-refractivity contribution < 1.29 is 32.7 Å². The summed E-state index contributed by atoms with van der Waals surface area (Å²) in [5.41, 5.74) is -0.789. The van der Waals surface area contributed by atoms with E-state index in [-0.39, 0.29) is 0 Å². The van der Waals surface area contributed by atoms with Crippen molar-refractivity contribution in [3.63, 3.8) is 0 Å². The number of aromatic carboxylic acids is 1. The van der Waals surface area contributed by atoms with Crippen LogP contribution in [-0.2, 0) is 0 Å². The number of nitrogens with zero attached hydrogens (tertiary/aromatic N) is 2. The summed E-state index contributed by atoms with van der Waals surface area (Å²) in [4.78, 5) is 22.8. The Balaban J connectivity index is 3.41. The van der Waals surface area contributed by atoms with Crippen molar-refractivity contribution in [2.45, 2.75) is 6.36 Å². The van der Waals surface area contributed by atoms with Gasteiger partial charge in [-0.3, -0.25) is 0 Å². The maximum Gasteiger partial charge on any atom is 0.573 e. The molecule has 11 heteroatoms. The fraction of sp³-hybridized carbons (Fsp3) is 0.143. The monoisotopic (exact) mass is 330 g/mol. The van der Waals surface area contributed by atoms with E-state index in [1.54, 1.807) is 0 Å². The molecule has 0 aliphatic rings. The highest BCUT2D eigenvalue weighted by Crippen LogP contribution is 2.37. The molecule has 18 heavy (non-hydrogen) atoms. The van der Waals surface area contributed by atoms with Gasteiger partial charge < -0.3 is 20.0 Å². The van der Waals surface area contributed by atoms with E-state index >= 15 is 0 Å². The minimum Gasteiger partial charge on any atom is -0.475 e. The van der Waals surface area contributed by atoms with Gasteiger partial charge in [-0.1, -0.05) is 0 Å². The van der Waals surface area contributed by atoms with Crippen molar-refractivity contribution in [2.24, 2.45) is 0 Å². The molecule has 0 radical (unpaired) electrons. The molecule has 1 heterocycles. The van der Waals surface area contributed by atoms with Gasteiger partial charge >= 0.3 is 18.1 Å². The van der Waals surface area contributed by atoms with Crippen molar-refractivity contribution >= 4 is 27.7 Å². The topological polar surface area (TPSA) is 103 Å². The lowest BCUT2D eigenvalue weighted by Crippen LogP contribution is -2.19. The van der Waals surface area contributed by atoms with Crippen molar-refractivity contribution in [1.82, 2.24) is 4.98 Å². The predicted octanol–water partition coefficient (Wildman–Crippen LogP) is 2.35. The number of rotatable bonds is 3. The van der Waals surface area contributed by atoms with E-state index < -0.39 is 39.0 Å². The number of hydrogen-bond acceptors (Lipinski definition) is 5. The summed E-state index contributed by atoms with van der Waals surface area (Å²) in [6, 6.07) is 0.663. The SMILES string of the molecule is O=C(O)c1cc(Br)c(OC(F)(F)F)c([N+](=O)[O-])n1. The number of carboxylic acids is 1. The zero-order valence-corrected chi connectivity index (χ0v) is 9.65. The fourth-order valence-electron chi connectivity index (χ4n) is 0.933. The van der Waals surface area contributed by atoms with E-state index in [0.717, 1.165) is 0 Å². The number of pyridine rings is 1. The lowest BCUT2D eigenvalue weighted by Gasteiger charge is -2.10. The van der Waals surface area contributed by atoms with Gasteiger partial charge in [0.1, 0.15) is 0 Å². The molecular formula is C7H2BrF3N2O5.